The maximum Gasteiger partial charge on any atom is 0.0413 e. The molecule has 0 amide bonds. The lowest BCUT2D eigenvalue weighted by Crippen LogP contribution is -2.17. The smallest absolute Gasteiger partial charge is 0.0413 e. The van der Waals surface area contributed by atoms with E-state index in [1.165, 1.54) is 0 Å². The van der Waals surface area contributed by atoms with Gasteiger partial charge in [-0.25, -0.2) is 0 Å². The lowest BCUT2D eigenvalue weighted by molar-refractivity contribution is 0.413. The van der Waals surface area contributed by atoms with Crippen LogP contribution in [0, 0.1) is 5.41 Å². The Hall–Kier alpha value is -0.0800. The molecule has 0 saturated carbocycles. The van der Waals surface area contributed by atoms with Crippen LogP contribution in [0.2, 0.25) is 0 Å². The van der Waals surface area contributed by atoms with Gasteiger partial charge in [0.25, 0.3) is 0 Å². The summed E-state index contributed by atoms with van der Waals surface area (Å²) < 4.78 is 1.01. The van der Waals surface area contributed by atoms with Crippen LogP contribution in [0.1, 0.15) is 19.5 Å². The molecule has 13 heavy (non-hydrogen) atoms. The lowest BCUT2D eigenvalue weighted by Gasteiger charge is -2.20. The minimum absolute atomic E-state index is 0.127. The molecule has 1 aromatic rings. The molecule has 1 heterocycles. The highest BCUT2D eigenvalue weighted by molar-refractivity contribution is 9.10. The van der Waals surface area contributed by atoms with E-state index in [2.05, 4.69) is 34.8 Å². The topological polar surface area (TPSA) is 12.9 Å². The van der Waals surface area contributed by atoms with Crippen molar-refractivity contribution in [1.82, 2.24) is 4.98 Å². The number of hydrogen-bond donors (Lipinski definition) is 0. The molecule has 3 heteroatoms. The number of pyridine rings is 1. The molecular formula is C10H13BrClN. The van der Waals surface area contributed by atoms with Crippen molar-refractivity contribution in [2.75, 3.05) is 5.88 Å². The van der Waals surface area contributed by atoms with Crippen molar-refractivity contribution < 1.29 is 0 Å². The number of aromatic nitrogens is 1. The van der Waals surface area contributed by atoms with Crippen molar-refractivity contribution in [3.8, 4) is 0 Å². The van der Waals surface area contributed by atoms with Crippen LogP contribution in [0.3, 0.4) is 0 Å². The standard InChI is InChI=1S/C10H13BrClN/c1-10(2,7-12)5-9-4-3-8(11)6-13-9/h3-4,6H,5,7H2,1-2H3. The van der Waals surface area contributed by atoms with Crippen molar-refractivity contribution in [3.63, 3.8) is 0 Å². The van der Waals surface area contributed by atoms with Crippen LogP contribution in [0.25, 0.3) is 0 Å². The fourth-order valence-corrected chi connectivity index (χ4v) is 1.38. The van der Waals surface area contributed by atoms with Crippen molar-refractivity contribution in [2.24, 2.45) is 5.41 Å². The Labute approximate surface area is 92.6 Å². The van der Waals surface area contributed by atoms with Gasteiger partial charge < -0.3 is 0 Å². The minimum atomic E-state index is 0.127. The maximum absolute atomic E-state index is 5.84. The molecule has 0 unspecified atom stereocenters. The summed E-state index contributed by atoms with van der Waals surface area (Å²) in [6.45, 7) is 4.29. The summed E-state index contributed by atoms with van der Waals surface area (Å²) in [7, 11) is 0. The number of halogens is 2. The van der Waals surface area contributed by atoms with Crippen molar-refractivity contribution >= 4 is 27.5 Å². The molecule has 1 nitrogen and oxygen atoms in total. The highest BCUT2D eigenvalue weighted by Gasteiger charge is 2.17. The third-order valence-corrected chi connectivity index (χ3v) is 3.00. The fraction of sp³-hybridized carbons (Fsp3) is 0.500. The lowest BCUT2D eigenvalue weighted by atomic mass is 9.90. The van der Waals surface area contributed by atoms with Crippen molar-refractivity contribution in [2.45, 2.75) is 20.3 Å². The highest BCUT2D eigenvalue weighted by Crippen LogP contribution is 2.22. The summed E-state index contributed by atoms with van der Waals surface area (Å²) in [5.41, 5.74) is 1.22. The van der Waals surface area contributed by atoms with Gasteiger partial charge >= 0.3 is 0 Å². The zero-order valence-electron chi connectivity index (χ0n) is 7.85. The van der Waals surface area contributed by atoms with Gasteiger partial charge in [0.05, 0.1) is 0 Å². The molecule has 1 aromatic heterocycles. The monoisotopic (exact) mass is 261 g/mol. The van der Waals surface area contributed by atoms with Crippen molar-refractivity contribution in [1.29, 1.82) is 0 Å². The van der Waals surface area contributed by atoms with Crippen LogP contribution < -0.4 is 0 Å². The molecule has 72 valence electrons. The van der Waals surface area contributed by atoms with Gasteiger partial charge in [0, 0.05) is 22.2 Å². The predicted octanol–water partition coefficient (Wildman–Crippen LogP) is 3.65. The zero-order valence-corrected chi connectivity index (χ0v) is 10.2. The number of rotatable bonds is 3. The van der Waals surface area contributed by atoms with Gasteiger partial charge in [0.2, 0.25) is 0 Å². The summed E-state index contributed by atoms with van der Waals surface area (Å²) in [4.78, 5) is 4.31. The molecule has 0 saturated heterocycles. The molecule has 0 bridgehead atoms. The van der Waals surface area contributed by atoms with Gasteiger partial charge in [-0.15, -0.1) is 11.6 Å². The number of nitrogens with zero attached hydrogens (tertiary/aromatic N) is 1. The first kappa shape index (κ1) is 11.0. The number of hydrogen-bond acceptors (Lipinski definition) is 1. The van der Waals surface area contributed by atoms with Crippen LogP contribution >= 0.6 is 27.5 Å². The van der Waals surface area contributed by atoms with E-state index in [1.54, 1.807) is 0 Å². The summed E-state index contributed by atoms with van der Waals surface area (Å²) in [6, 6.07) is 4.03. The largest absolute Gasteiger partial charge is 0.260 e. The summed E-state index contributed by atoms with van der Waals surface area (Å²) >= 11 is 9.19. The minimum Gasteiger partial charge on any atom is -0.260 e. The van der Waals surface area contributed by atoms with Gasteiger partial charge in [0.1, 0.15) is 0 Å². The average Bonchev–Trinajstić information content (AvgIpc) is 2.09. The second-order valence-corrected chi connectivity index (χ2v) is 5.13. The second-order valence-electron chi connectivity index (χ2n) is 3.94. The molecule has 0 aliphatic carbocycles. The van der Waals surface area contributed by atoms with E-state index in [1.807, 2.05) is 18.3 Å². The molecule has 0 atom stereocenters. The van der Waals surface area contributed by atoms with Gasteiger partial charge in [-0.1, -0.05) is 13.8 Å². The zero-order chi connectivity index (χ0) is 9.90. The van der Waals surface area contributed by atoms with Crippen LogP contribution in [-0.4, -0.2) is 10.9 Å². The van der Waals surface area contributed by atoms with Gasteiger partial charge in [-0.05, 0) is 39.9 Å². The molecule has 0 fully saturated rings. The highest BCUT2D eigenvalue weighted by atomic mass is 79.9. The Morgan fingerprint density at radius 3 is 2.62 bits per heavy atom. The quantitative estimate of drug-likeness (QED) is 0.758. The molecule has 0 aliphatic rings. The van der Waals surface area contributed by atoms with Gasteiger partial charge in [0.15, 0.2) is 0 Å². The van der Waals surface area contributed by atoms with Gasteiger partial charge in [-0.3, -0.25) is 4.98 Å². The first-order valence-corrected chi connectivity index (χ1v) is 5.53. The van der Waals surface area contributed by atoms with Crippen molar-refractivity contribution in [3.05, 3.63) is 28.5 Å². The van der Waals surface area contributed by atoms with E-state index in [0.717, 1.165) is 16.6 Å². The molecule has 0 aromatic carbocycles. The fourth-order valence-electron chi connectivity index (χ4n) is 1.05. The Kier molecular flexibility index (Phi) is 3.74. The predicted molar refractivity (Wildman–Crippen MR) is 60.1 cm³/mol. The van der Waals surface area contributed by atoms with Crippen LogP contribution in [0.4, 0.5) is 0 Å². The Balaban J connectivity index is 2.69. The average molecular weight is 263 g/mol. The molecule has 1 rings (SSSR count). The molecule has 0 aliphatic heterocycles. The first-order chi connectivity index (χ1) is 6.03. The second kappa shape index (κ2) is 4.43. The maximum atomic E-state index is 5.84. The van der Waals surface area contributed by atoms with Gasteiger partial charge in [-0.2, -0.15) is 0 Å². The molecule has 0 spiro atoms. The molecular weight excluding hydrogens is 249 g/mol. The molecule has 0 N–H and O–H groups in total. The van der Waals surface area contributed by atoms with Crippen LogP contribution in [-0.2, 0) is 6.42 Å². The number of alkyl halides is 1. The van der Waals surface area contributed by atoms with E-state index in [-0.39, 0.29) is 5.41 Å². The normalized spacial score (nSPS) is 11.7. The molecule has 0 radical (unpaired) electrons. The Bertz CT molecular complexity index is 269. The first-order valence-electron chi connectivity index (χ1n) is 4.20. The Morgan fingerprint density at radius 1 is 1.46 bits per heavy atom. The van der Waals surface area contributed by atoms with E-state index in [9.17, 15) is 0 Å². The van der Waals surface area contributed by atoms with E-state index < -0.39 is 0 Å². The SMILES string of the molecule is CC(C)(CCl)Cc1ccc(Br)cn1. The third kappa shape index (κ3) is 3.65. The van der Waals surface area contributed by atoms with E-state index in [4.69, 9.17) is 11.6 Å². The summed E-state index contributed by atoms with van der Waals surface area (Å²) in [6.07, 6.45) is 2.74. The van der Waals surface area contributed by atoms with E-state index >= 15 is 0 Å². The van der Waals surface area contributed by atoms with Crippen LogP contribution in [0.5, 0.6) is 0 Å². The van der Waals surface area contributed by atoms with E-state index in [0.29, 0.717) is 5.88 Å². The van der Waals surface area contributed by atoms with Crippen LogP contribution in [0.15, 0.2) is 22.8 Å². The summed E-state index contributed by atoms with van der Waals surface area (Å²) in [5.74, 6) is 0.657. The summed E-state index contributed by atoms with van der Waals surface area (Å²) in [5, 5.41) is 0. The third-order valence-electron chi connectivity index (χ3n) is 1.81. The Morgan fingerprint density at radius 2 is 2.15 bits per heavy atom.